The van der Waals surface area contributed by atoms with Crippen molar-refractivity contribution in [1.29, 1.82) is 0 Å². The quantitative estimate of drug-likeness (QED) is 0.395. The molecule has 0 aliphatic carbocycles. The number of fused-ring (bicyclic) bond motifs is 1. The van der Waals surface area contributed by atoms with E-state index in [0.717, 1.165) is 33.7 Å². The van der Waals surface area contributed by atoms with Gasteiger partial charge in [0.2, 0.25) is 5.82 Å². The summed E-state index contributed by atoms with van der Waals surface area (Å²) in [5, 5.41) is 18.9. The van der Waals surface area contributed by atoms with Crippen LogP contribution in [0, 0.1) is 0 Å². The Kier molecular flexibility index (Phi) is 5.00. The van der Waals surface area contributed by atoms with Crippen LogP contribution < -0.4 is 4.74 Å². The van der Waals surface area contributed by atoms with E-state index in [1.54, 1.807) is 6.20 Å². The SMILES string of the molecule is c1ccc(COc2ccc(-c3cnc4c(-c5nn[nH]n5)cnn4c3-c3ccccc3)cc2)cc1. The van der Waals surface area contributed by atoms with Crippen LogP contribution in [-0.2, 0) is 6.61 Å². The van der Waals surface area contributed by atoms with Gasteiger partial charge in [-0.3, -0.25) is 0 Å². The van der Waals surface area contributed by atoms with Crippen molar-refractivity contribution in [2.75, 3.05) is 0 Å². The maximum absolute atomic E-state index is 5.96. The van der Waals surface area contributed by atoms with Gasteiger partial charge in [-0.25, -0.2) is 9.50 Å². The number of aromatic amines is 1. The fourth-order valence-corrected chi connectivity index (χ4v) is 3.92. The van der Waals surface area contributed by atoms with Crippen molar-refractivity contribution in [3.63, 3.8) is 0 Å². The van der Waals surface area contributed by atoms with Crippen molar-refractivity contribution in [3.05, 3.63) is 103 Å². The maximum Gasteiger partial charge on any atom is 0.210 e. The average Bonchev–Trinajstić information content (AvgIpc) is 3.58. The number of H-pyrrole nitrogens is 1. The van der Waals surface area contributed by atoms with E-state index in [9.17, 15) is 0 Å². The highest BCUT2D eigenvalue weighted by Gasteiger charge is 2.19. The molecule has 6 aromatic rings. The summed E-state index contributed by atoms with van der Waals surface area (Å²) in [5.41, 5.74) is 6.42. The van der Waals surface area contributed by atoms with Gasteiger partial charge in [0, 0.05) is 17.3 Å². The number of hydrogen-bond donors (Lipinski definition) is 1. The lowest BCUT2D eigenvalue weighted by Gasteiger charge is -2.13. The smallest absolute Gasteiger partial charge is 0.210 e. The zero-order chi connectivity index (χ0) is 22.7. The van der Waals surface area contributed by atoms with Crippen molar-refractivity contribution in [2.45, 2.75) is 6.61 Å². The molecule has 3 aromatic heterocycles. The minimum Gasteiger partial charge on any atom is -0.489 e. The Labute approximate surface area is 194 Å². The molecule has 6 rings (SSSR count). The van der Waals surface area contributed by atoms with Gasteiger partial charge in [0.1, 0.15) is 12.4 Å². The first-order valence-corrected chi connectivity index (χ1v) is 10.8. The monoisotopic (exact) mass is 445 g/mol. The maximum atomic E-state index is 5.96. The lowest BCUT2D eigenvalue weighted by atomic mass is 10.0. The molecule has 1 N–H and O–H groups in total. The summed E-state index contributed by atoms with van der Waals surface area (Å²) in [5.74, 6) is 1.26. The number of benzene rings is 3. The lowest BCUT2D eigenvalue weighted by Crippen LogP contribution is -2.00. The van der Waals surface area contributed by atoms with E-state index < -0.39 is 0 Å². The Bertz CT molecular complexity index is 1530. The predicted octanol–water partition coefficient (Wildman–Crippen LogP) is 4.82. The second-order valence-corrected chi connectivity index (χ2v) is 7.71. The highest BCUT2D eigenvalue weighted by molar-refractivity contribution is 5.84. The number of nitrogens with zero attached hydrogens (tertiary/aromatic N) is 6. The molecule has 8 nitrogen and oxygen atoms in total. The molecule has 0 unspecified atom stereocenters. The Morgan fingerprint density at radius 1 is 0.765 bits per heavy atom. The van der Waals surface area contributed by atoms with Gasteiger partial charge in [0.25, 0.3) is 0 Å². The first kappa shape index (κ1) is 19.8. The summed E-state index contributed by atoms with van der Waals surface area (Å²) in [7, 11) is 0. The van der Waals surface area contributed by atoms with E-state index in [0.29, 0.717) is 23.6 Å². The van der Waals surface area contributed by atoms with Gasteiger partial charge in [-0.15, -0.1) is 10.2 Å². The van der Waals surface area contributed by atoms with Gasteiger partial charge >= 0.3 is 0 Å². The fraction of sp³-hybridized carbons (Fsp3) is 0.0385. The molecule has 0 spiro atoms. The summed E-state index contributed by atoms with van der Waals surface area (Å²) in [6.07, 6.45) is 3.58. The van der Waals surface area contributed by atoms with E-state index in [4.69, 9.17) is 9.72 Å². The topological polar surface area (TPSA) is 93.9 Å². The molecule has 0 aliphatic heterocycles. The predicted molar refractivity (Wildman–Crippen MR) is 128 cm³/mol. The third-order valence-corrected chi connectivity index (χ3v) is 5.57. The van der Waals surface area contributed by atoms with Gasteiger partial charge in [0.15, 0.2) is 5.65 Å². The molecule has 3 heterocycles. The van der Waals surface area contributed by atoms with Crippen LogP contribution >= 0.6 is 0 Å². The zero-order valence-electron chi connectivity index (χ0n) is 18.0. The molecule has 0 fully saturated rings. The van der Waals surface area contributed by atoms with Crippen LogP contribution in [-0.4, -0.2) is 35.2 Å². The molecule has 8 heteroatoms. The largest absolute Gasteiger partial charge is 0.489 e. The highest BCUT2D eigenvalue weighted by Crippen LogP contribution is 2.34. The first-order chi connectivity index (χ1) is 16.9. The van der Waals surface area contributed by atoms with Crippen molar-refractivity contribution in [1.82, 2.24) is 35.2 Å². The molecule has 164 valence electrons. The lowest BCUT2D eigenvalue weighted by molar-refractivity contribution is 0.306. The van der Waals surface area contributed by atoms with Crippen molar-refractivity contribution in [2.24, 2.45) is 0 Å². The second-order valence-electron chi connectivity index (χ2n) is 7.71. The molecular weight excluding hydrogens is 426 g/mol. The van der Waals surface area contributed by atoms with Crippen LogP contribution in [0.4, 0.5) is 0 Å². The molecule has 3 aromatic carbocycles. The number of hydrogen-bond acceptors (Lipinski definition) is 6. The minimum atomic E-state index is 0.453. The van der Waals surface area contributed by atoms with E-state index >= 15 is 0 Å². The first-order valence-electron chi connectivity index (χ1n) is 10.8. The van der Waals surface area contributed by atoms with Crippen LogP contribution in [0.2, 0.25) is 0 Å². The fourth-order valence-electron chi connectivity index (χ4n) is 3.92. The summed E-state index contributed by atoms with van der Waals surface area (Å²) in [4.78, 5) is 4.71. The molecule has 34 heavy (non-hydrogen) atoms. The Morgan fingerprint density at radius 3 is 2.26 bits per heavy atom. The third kappa shape index (κ3) is 3.67. The number of ether oxygens (including phenoxy) is 1. The Morgan fingerprint density at radius 2 is 1.53 bits per heavy atom. The van der Waals surface area contributed by atoms with Crippen LogP contribution in [0.3, 0.4) is 0 Å². The normalized spacial score (nSPS) is 11.1. The summed E-state index contributed by atoms with van der Waals surface area (Å²) in [6, 6.07) is 28.3. The van der Waals surface area contributed by atoms with E-state index in [1.165, 1.54) is 0 Å². The molecule has 0 amide bonds. The Balaban J connectivity index is 1.40. The van der Waals surface area contributed by atoms with Gasteiger partial charge in [-0.05, 0) is 28.5 Å². The summed E-state index contributed by atoms with van der Waals surface area (Å²) < 4.78 is 7.79. The van der Waals surface area contributed by atoms with Crippen LogP contribution in [0.1, 0.15) is 5.56 Å². The number of aromatic nitrogens is 7. The molecule has 0 aliphatic rings. The van der Waals surface area contributed by atoms with Crippen LogP contribution in [0.15, 0.2) is 97.3 Å². The molecule has 0 saturated heterocycles. The summed E-state index contributed by atoms with van der Waals surface area (Å²) >= 11 is 0. The standard InChI is InChI=1S/C26H19N7O/c1-3-7-18(8-4-1)17-34-21-13-11-19(12-14-21)22-15-27-26-23(25-29-31-32-30-25)16-28-33(26)24(22)20-9-5-2-6-10-20/h1-16H,17H2,(H,29,30,31,32). The molecule has 0 saturated carbocycles. The van der Waals surface area contributed by atoms with Crippen molar-refractivity contribution >= 4 is 5.65 Å². The number of rotatable bonds is 6. The summed E-state index contributed by atoms with van der Waals surface area (Å²) in [6.45, 7) is 0.523. The third-order valence-electron chi connectivity index (χ3n) is 5.57. The van der Waals surface area contributed by atoms with Crippen molar-refractivity contribution < 1.29 is 4.74 Å². The molecule has 0 radical (unpaired) electrons. The van der Waals surface area contributed by atoms with Gasteiger partial charge in [0.05, 0.1) is 17.5 Å². The average molecular weight is 445 g/mol. The molecule has 0 atom stereocenters. The van der Waals surface area contributed by atoms with Gasteiger partial charge < -0.3 is 4.74 Å². The van der Waals surface area contributed by atoms with Crippen LogP contribution in [0.5, 0.6) is 5.75 Å². The Hall–Kier alpha value is -4.85. The number of nitrogens with one attached hydrogen (secondary N) is 1. The van der Waals surface area contributed by atoms with Gasteiger partial charge in [-0.2, -0.15) is 10.3 Å². The van der Waals surface area contributed by atoms with Crippen LogP contribution in [0.25, 0.3) is 39.4 Å². The second kappa shape index (κ2) is 8.59. The van der Waals surface area contributed by atoms with E-state index in [2.05, 4.69) is 37.9 Å². The molecule has 0 bridgehead atoms. The van der Waals surface area contributed by atoms with Gasteiger partial charge in [-0.1, -0.05) is 72.8 Å². The minimum absolute atomic E-state index is 0.453. The van der Waals surface area contributed by atoms with Crippen molar-refractivity contribution in [3.8, 4) is 39.5 Å². The van der Waals surface area contributed by atoms with E-state index in [1.807, 2.05) is 83.5 Å². The molecular formula is C26H19N7O. The number of tetrazole rings is 1. The van der Waals surface area contributed by atoms with E-state index in [-0.39, 0.29) is 0 Å². The zero-order valence-corrected chi connectivity index (χ0v) is 18.0. The highest BCUT2D eigenvalue weighted by atomic mass is 16.5.